The molecule has 1 aromatic heterocycles. The highest BCUT2D eigenvalue weighted by Gasteiger charge is 2.32. The summed E-state index contributed by atoms with van der Waals surface area (Å²) in [5, 5.41) is 3.20. The smallest absolute Gasteiger partial charge is 0.0907 e. The van der Waals surface area contributed by atoms with Crippen LogP contribution in [0.4, 0.5) is 0 Å². The van der Waals surface area contributed by atoms with Gasteiger partial charge in [-0.05, 0) is 26.0 Å². The Morgan fingerprint density at radius 3 is 2.86 bits per heavy atom. The molecule has 2 heterocycles. The topological polar surface area (TPSA) is 34.1 Å². The summed E-state index contributed by atoms with van der Waals surface area (Å²) in [4.78, 5) is 4.39. The molecule has 1 aliphatic heterocycles. The van der Waals surface area contributed by atoms with Gasteiger partial charge in [0.1, 0.15) is 0 Å². The summed E-state index contributed by atoms with van der Waals surface area (Å²) in [6.07, 6.45) is 0. The van der Waals surface area contributed by atoms with Crippen molar-refractivity contribution in [3.63, 3.8) is 0 Å². The molecule has 0 spiro atoms. The molecular formula is C11H16N2O. The van der Waals surface area contributed by atoms with Gasteiger partial charge < -0.3 is 10.1 Å². The number of hydrogen-bond donors (Lipinski definition) is 1. The molecule has 14 heavy (non-hydrogen) atoms. The van der Waals surface area contributed by atoms with Crippen LogP contribution in [0.2, 0.25) is 0 Å². The zero-order valence-electron chi connectivity index (χ0n) is 8.71. The van der Waals surface area contributed by atoms with Crippen molar-refractivity contribution in [2.24, 2.45) is 0 Å². The first-order valence-corrected chi connectivity index (χ1v) is 4.95. The molecule has 1 saturated heterocycles. The van der Waals surface area contributed by atoms with E-state index in [1.165, 1.54) is 0 Å². The average Bonchev–Trinajstić information content (AvgIpc) is 2.12. The predicted molar refractivity (Wildman–Crippen MR) is 55.0 cm³/mol. The van der Waals surface area contributed by atoms with Crippen LogP contribution in [0.3, 0.4) is 0 Å². The largest absolute Gasteiger partial charge is 0.366 e. The molecule has 1 N–H and O–H groups in total. The minimum atomic E-state index is 0.0193. The third kappa shape index (κ3) is 2.11. The van der Waals surface area contributed by atoms with Crippen LogP contribution >= 0.6 is 0 Å². The van der Waals surface area contributed by atoms with Gasteiger partial charge in [0.15, 0.2) is 0 Å². The van der Waals surface area contributed by atoms with E-state index in [0.29, 0.717) is 6.61 Å². The summed E-state index contributed by atoms with van der Waals surface area (Å²) in [7, 11) is 0. The van der Waals surface area contributed by atoms with Crippen molar-refractivity contribution in [2.75, 3.05) is 13.1 Å². The number of nitrogens with zero attached hydrogens (tertiary/aromatic N) is 1. The van der Waals surface area contributed by atoms with E-state index >= 15 is 0 Å². The van der Waals surface area contributed by atoms with Crippen LogP contribution in [0.5, 0.6) is 0 Å². The van der Waals surface area contributed by atoms with Gasteiger partial charge in [-0.2, -0.15) is 0 Å². The van der Waals surface area contributed by atoms with Crippen molar-refractivity contribution >= 4 is 0 Å². The fourth-order valence-corrected chi connectivity index (χ4v) is 1.51. The Balaban J connectivity index is 1.91. The summed E-state index contributed by atoms with van der Waals surface area (Å²) in [5.41, 5.74) is 2.08. The Morgan fingerprint density at radius 1 is 1.50 bits per heavy atom. The van der Waals surface area contributed by atoms with Gasteiger partial charge in [0.2, 0.25) is 0 Å². The van der Waals surface area contributed by atoms with Gasteiger partial charge >= 0.3 is 0 Å². The molecule has 0 aliphatic carbocycles. The summed E-state index contributed by atoms with van der Waals surface area (Å²) in [6.45, 7) is 6.62. The van der Waals surface area contributed by atoms with Gasteiger partial charge in [-0.1, -0.05) is 6.07 Å². The molecule has 3 heteroatoms. The number of nitrogens with one attached hydrogen (secondary N) is 1. The molecule has 0 aromatic carbocycles. The summed E-state index contributed by atoms with van der Waals surface area (Å²) in [6, 6.07) is 6.01. The molecule has 0 radical (unpaired) electrons. The van der Waals surface area contributed by atoms with Crippen LogP contribution < -0.4 is 5.32 Å². The number of aromatic nitrogens is 1. The lowest BCUT2D eigenvalue weighted by Crippen LogP contribution is -2.58. The molecule has 3 nitrogen and oxygen atoms in total. The van der Waals surface area contributed by atoms with Crippen LogP contribution in [0, 0.1) is 6.92 Å². The Kier molecular flexibility index (Phi) is 2.52. The lowest BCUT2D eigenvalue weighted by atomic mass is 10.0. The number of ether oxygens (including phenoxy) is 1. The molecule has 2 rings (SSSR count). The van der Waals surface area contributed by atoms with E-state index < -0.39 is 0 Å². The van der Waals surface area contributed by atoms with Crippen LogP contribution in [0.15, 0.2) is 18.2 Å². The molecule has 0 bridgehead atoms. The average molecular weight is 192 g/mol. The molecule has 0 unspecified atom stereocenters. The first kappa shape index (κ1) is 9.62. The maximum atomic E-state index is 5.78. The van der Waals surface area contributed by atoms with Gasteiger partial charge in [0.25, 0.3) is 0 Å². The highest BCUT2D eigenvalue weighted by Crippen LogP contribution is 2.17. The van der Waals surface area contributed by atoms with Gasteiger partial charge in [-0.3, -0.25) is 4.98 Å². The molecule has 1 aliphatic rings. The van der Waals surface area contributed by atoms with Crippen molar-refractivity contribution in [1.82, 2.24) is 10.3 Å². The number of rotatable bonds is 3. The number of hydrogen-bond acceptors (Lipinski definition) is 3. The maximum Gasteiger partial charge on any atom is 0.0907 e. The SMILES string of the molecule is Cc1cccc(COC2(C)CNC2)n1. The van der Waals surface area contributed by atoms with Crippen molar-refractivity contribution in [2.45, 2.75) is 26.1 Å². The van der Waals surface area contributed by atoms with Gasteiger partial charge in [-0.25, -0.2) is 0 Å². The van der Waals surface area contributed by atoms with E-state index in [4.69, 9.17) is 4.74 Å². The predicted octanol–water partition coefficient (Wildman–Crippen LogP) is 1.27. The van der Waals surface area contributed by atoms with Crippen molar-refractivity contribution < 1.29 is 4.74 Å². The second-order valence-corrected chi connectivity index (χ2v) is 4.11. The van der Waals surface area contributed by atoms with E-state index in [0.717, 1.165) is 24.5 Å². The first-order chi connectivity index (χ1) is 6.68. The highest BCUT2D eigenvalue weighted by atomic mass is 16.5. The van der Waals surface area contributed by atoms with E-state index in [1.807, 2.05) is 25.1 Å². The normalized spacial score (nSPS) is 19.0. The van der Waals surface area contributed by atoms with Crippen molar-refractivity contribution in [3.05, 3.63) is 29.6 Å². The number of pyridine rings is 1. The molecule has 0 atom stereocenters. The lowest BCUT2D eigenvalue weighted by molar-refractivity contribution is -0.0778. The Morgan fingerprint density at radius 2 is 2.29 bits per heavy atom. The molecule has 0 amide bonds. The standard InChI is InChI=1S/C11H16N2O/c1-9-4-3-5-10(13-9)6-14-11(2)7-12-8-11/h3-5,12H,6-8H2,1-2H3. The molecule has 1 aromatic rings. The van der Waals surface area contributed by atoms with E-state index in [9.17, 15) is 0 Å². The summed E-state index contributed by atoms with van der Waals surface area (Å²) >= 11 is 0. The number of aryl methyl sites for hydroxylation is 1. The maximum absolute atomic E-state index is 5.78. The van der Waals surface area contributed by atoms with E-state index in [2.05, 4.69) is 17.2 Å². The quantitative estimate of drug-likeness (QED) is 0.783. The molecule has 0 saturated carbocycles. The van der Waals surface area contributed by atoms with Gasteiger partial charge in [0.05, 0.1) is 17.9 Å². The van der Waals surface area contributed by atoms with Crippen molar-refractivity contribution in [1.29, 1.82) is 0 Å². The second kappa shape index (κ2) is 3.67. The Labute approximate surface area is 84.5 Å². The van der Waals surface area contributed by atoms with Gasteiger partial charge in [0, 0.05) is 18.8 Å². The minimum Gasteiger partial charge on any atom is -0.366 e. The van der Waals surface area contributed by atoms with Gasteiger partial charge in [-0.15, -0.1) is 0 Å². The third-order valence-corrected chi connectivity index (χ3v) is 2.51. The van der Waals surface area contributed by atoms with E-state index in [-0.39, 0.29) is 5.60 Å². The lowest BCUT2D eigenvalue weighted by Gasteiger charge is -2.38. The fraction of sp³-hybridized carbons (Fsp3) is 0.545. The Hall–Kier alpha value is -0.930. The molecule has 1 fully saturated rings. The third-order valence-electron chi connectivity index (χ3n) is 2.51. The van der Waals surface area contributed by atoms with Crippen LogP contribution in [-0.2, 0) is 11.3 Å². The zero-order chi connectivity index (χ0) is 10.0. The highest BCUT2D eigenvalue weighted by molar-refractivity contribution is 5.09. The second-order valence-electron chi connectivity index (χ2n) is 4.11. The Bertz CT molecular complexity index is 321. The fourth-order valence-electron chi connectivity index (χ4n) is 1.51. The molecular weight excluding hydrogens is 176 g/mol. The molecule has 76 valence electrons. The summed E-state index contributed by atoms with van der Waals surface area (Å²) in [5.74, 6) is 0. The van der Waals surface area contributed by atoms with Crippen LogP contribution in [-0.4, -0.2) is 23.7 Å². The van der Waals surface area contributed by atoms with Crippen LogP contribution in [0.25, 0.3) is 0 Å². The van der Waals surface area contributed by atoms with E-state index in [1.54, 1.807) is 0 Å². The van der Waals surface area contributed by atoms with Crippen LogP contribution in [0.1, 0.15) is 18.3 Å². The minimum absolute atomic E-state index is 0.0193. The monoisotopic (exact) mass is 192 g/mol. The first-order valence-electron chi connectivity index (χ1n) is 4.95. The summed E-state index contributed by atoms with van der Waals surface area (Å²) < 4.78 is 5.78. The zero-order valence-corrected chi connectivity index (χ0v) is 8.71. The van der Waals surface area contributed by atoms with Crippen molar-refractivity contribution in [3.8, 4) is 0 Å².